The second-order valence-electron chi connectivity index (χ2n) is 6.06. The lowest BCUT2D eigenvalue weighted by atomic mass is 10.00. The van der Waals surface area contributed by atoms with Crippen molar-refractivity contribution >= 4 is 21.6 Å². The number of carbonyl (C=O) groups is 1. The standard InChI is InChI=1S/C18H20N2O4S/c1-12-3-8-18-16(11-12)17(9-10-24-18)20-25(22,23)15-6-4-14(5-7-15)19-13(2)21/h3-8,11,17,20H,9-10H2,1-2H3,(H,19,21). The maximum atomic E-state index is 12.7. The van der Waals surface area contributed by atoms with E-state index in [9.17, 15) is 13.2 Å². The number of fused-ring (bicyclic) bond motifs is 1. The molecule has 1 amide bonds. The Labute approximate surface area is 147 Å². The molecule has 0 saturated carbocycles. The molecule has 2 aromatic carbocycles. The molecule has 1 atom stereocenters. The number of sulfonamides is 1. The lowest BCUT2D eigenvalue weighted by molar-refractivity contribution is -0.114. The molecule has 0 radical (unpaired) electrons. The largest absolute Gasteiger partial charge is 0.493 e. The summed E-state index contributed by atoms with van der Waals surface area (Å²) in [5, 5.41) is 2.61. The quantitative estimate of drug-likeness (QED) is 0.878. The number of amides is 1. The van der Waals surface area contributed by atoms with E-state index in [1.165, 1.54) is 19.1 Å². The third-order valence-corrected chi connectivity index (χ3v) is 5.47. The van der Waals surface area contributed by atoms with Crippen LogP contribution < -0.4 is 14.8 Å². The lowest BCUT2D eigenvalue weighted by Crippen LogP contribution is -2.32. The normalized spacial score (nSPS) is 16.6. The van der Waals surface area contributed by atoms with E-state index in [0.717, 1.165) is 11.1 Å². The molecule has 1 unspecified atom stereocenters. The minimum Gasteiger partial charge on any atom is -0.493 e. The van der Waals surface area contributed by atoms with Gasteiger partial charge in [-0.25, -0.2) is 13.1 Å². The van der Waals surface area contributed by atoms with Crippen LogP contribution in [0.25, 0.3) is 0 Å². The fourth-order valence-electron chi connectivity index (χ4n) is 2.81. The van der Waals surface area contributed by atoms with E-state index in [1.54, 1.807) is 12.1 Å². The van der Waals surface area contributed by atoms with E-state index >= 15 is 0 Å². The van der Waals surface area contributed by atoms with Crippen molar-refractivity contribution in [3.05, 3.63) is 53.6 Å². The summed E-state index contributed by atoms with van der Waals surface area (Å²) in [6.45, 7) is 3.82. The fraction of sp³-hybridized carbons (Fsp3) is 0.278. The molecule has 2 aromatic rings. The van der Waals surface area contributed by atoms with Crippen molar-refractivity contribution in [1.29, 1.82) is 0 Å². The van der Waals surface area contributed by atoms with E-state index < -0.39 is 10.0 Å². The number of aryl methyl sites for hydroxylation is 1. The molecular weight excluding hydrogens is 340 g/mol. The number of hydrogen-bond acceptors (Lipinski definition) is 4. The summed E-state index contributed by atoms with van der Waals surface area (Å²) in [5.74, 6) is 0.508. The maximum Gasteiger partial charge on any atom is 0.241 e. The Morgan fingerprint density at radius 3 is 2.56 bits per heavy atom. The minimum absolute atomic E-state index is 0.155. The summed E-state index contributed by atoms with van der Waals surface area (Å²) in [7, 11) is -3.68. The van der Waals surface area contributed by atoms with Crippen LogP contribution in [0.15, 0.2) is 47.4 Å². The van der Waals surface area contributed by atoms with Crippen molar-refractivity contribution in [2.45, 2.75) is 31.2 Å². The van der Waals surface area contributed by atoms with E-state index in [-0.39, 0.29) is 16.8 Å². The summed E-state index contributed by atoms with van der Waals surface area (Å²) >= 11 is 0. The van der Waals surface area contributed by atoms with Crippen molar-refractivity contribution in [3.8, 4) is 5.75 Å². The van der Waals surface area contributed by atoms with E-state index in [1.807, 2.05) is 25.1 Å². The maximum absolute atomic E-state index is 12.7. The number of ether oxygens (including phenoxy) is 1. The molecule has 0 aliphatic carbocycles. The zero-order valence-corrected chi connectivity index (χ0v) is 14.9. The van der Waals surface area contributed by atoms with Gasteiger partial charge in [0.2, 0.25) is 15.9 Å². The topological polar surface area (TPSA) is 84.5 Å². The Bertz CT molecular complexity index is 892. The summed E-state index contributed by atoms with van der Waals surface area (Å²) in [4.78, 5) is 11.2. The fourth-order valence-corrected chi connectivity index (χ4v) is 4.06. The molecule has 132 valence electrons. The third kappa shape index (κ3) is 4.00. The summed E-state index contributed by atoms with van der Waals surface area (Å²) in [6.07, 6.45) is 0.569. The van der Waals surface area contributed by atoms with Gasteiger partial charge in [0, 0.05) is 24.6 Å². The van der Waals surface area contributed by atoms with Gasteiger partial charge in [-0.3, -0.25) is 4.79 Å². The highest BCUT2D eigenvalue weighted by Crippen LogP contribution is 2.33. The molecule has 2 N–H and O–H groups in total. The molecule has 3 rings (SSSR count). The smallest absolute Gasteiger partial charge is 0.241 e. The monoisotopic (exact) mass is 360 g/mol. The van der Waals surface area contributed by atoms with Gasteiger partial charge in [-0.1, -0.05) is 17.7 Å². The third-order valence-electron chi connectivity index (χ3n) is 3.99. The first-order valence-corrected chi connectivity index (χ1v) is 9.47. The lowest BCUT2D eigenvalue weighted by Gasteiger charge is -2.27. The zero-order valence-electron chi connectivity index (χ0n) is 14.1. The molecule has 0 aromatic heterocycles. The minimum atomic E-state index is -3.68. The molecule has 0 fully saturated rings. The molecule has 1 aliphatic heterocycles. The van der Waals surface area contributed by atoms with Gasteiger partial charge in [0.05, 0.1) is 17.5 Å². The number of carbonyl (C=O) groups excluding carboxylic acids is 1. The van der Waals surface area contributed by atoms with Crippen LogP contribution in [0.1, 0.15) is 30.5 Å². The van der Waals surface area contributed by atoms with Crippen molar-refractivity contribution in [1.82, 2.24) is 4.72 Å². The van der Waals surface area contributed by atoms with Gasteiger partial charge in [0.15, 0.2) is 0 Å². The zero-order chi connectivity index (χ0) is 18.0. The molecule has 0 spiro atoms. The number of rotatable bonds is 4. The van der Waals surface area contributed by atoms with E-state index in [0.29, 0.717) is 24.5 Å². The van der Waals surface area contributed by atoms with Gasteiger partial charge < -0.3 is 10.1 Å². The van der Waals surface area contributed by atoms with Crippen LogP contribution in [0.2, 0.25) is 0 Å². The molecular formula is C18H20N2O4S. The first kappa shape index (κ1) is 17.4. The Hall–Kier alpha value is -2.38. The molecule has 0 saturated heterocycles. The van der Waals surface area contributed by atoms with Gasteiger partial charge in [-0.2, -0.15) is 0 Å². The molecule has 7 heteroatoms. The first-order valence-electron chi connectivity index (χ1n) is 7.98. The summed E-state index contributed by atoms with van der Waals surface area (Å²) in [5.41, 5.74) is 2.45. The molecule has 25 heavy (non-hydrogen) atoms. The van der Waals surface area contributed by atoms with Crippen LogP contribution in [0, 0.1) is 6.92 Å². The number of benzene rings is 2. The molecule has 6 nitrogen and oxygen atoms in total. The van der Waals surface area contributed by atoms with E-state index in [4.69, 9.17) is 4.74 Å². The second kappa shape index (κ2) is 6.85. The predicted octanol–water partition coefficient (Wildman–Crippen LogP) is 2.76. The highest BCUT2D eigenvalue weighted by atomic mass is 32.2. The first-order chi connectivity index (χ1) is 11.8. The molecule has 1 aliphatic rings. The average Bonchev–Trinajstić information content (AvgIpc) is 2.55. The Kier molecular flexibility index (Phi) is 4.78. The van der Waals surface area contributed by atoms with E-state index in [2.05, 4.69) is 10.0 Å². The predicted molar refractivity (Wildman–Crippen MR) is 95.1 cm³/mol. The highest BCUT2D eigenvalue weighted by molar-refractivity contribution is 7.89. The Morgan fingerprint density at radius 2 is 1.88 bits per heavy atom. The van der Waals surface area contributed by atoms with Crippen molar-refractivity contribution < 1.29 is 17.9 Å². The Balaban J connectivity index is 1.83. The van der Waals surface area contributed by atoms with Gasteiger partial charge >= 0.3 is 0 Å². The second-order valence-corrected chi connectivity index (χ2v) is 7.77. The van der Waals surface area contributed by atoms with Gasteiger partial charge in [0.1, 0.15) is 5.75 Å². The van der Waals surface area contributed by atoms with Crippen LogP contribution in [0.5, 0.6) is 5.75 Å². The van der Waals surface area contributed by atoms with Crippen LogP contribution >= 0.6 is 0 Å². The average molecular weight is 360 g/mol. The number of hydrogen-bond donors (Lipinski definition) is 2. The number of nitrogens with one attached hydrogen (secondary N) is 2. The van der Waals surface area contributed by atoms with Gasteiger partial charge in [-0.05, 0) is 37.3 Å². The summed E-state index contributed by atoms with van der Waals surface area (Å²) < 4.78 is 33.7. The Morgan fingerprint density at radius 1 is 1.16 bits per heavy atom. The van der Waals surface area contributed by atoms with Crippen molar-refractivity contribution in [2.24, 2.45) is 0 Å². The number of anilines is 1. The van der Waals surface area contributed by atoms with Crippen LogP contribution in [-0.2, 0) is 14.8 Å². The molecule has 1 heterocycles. The van der Waals surface area contributed by atoms with Crippen molar-refractivity contribution in [2.75, 3.05) is 11.9 Å². The van der Waals surface area contributed by atoms with Crippen LogP contribution in [0.4, 0.5) is 5.69 Å². The highest BCUT2D eigenvalue weighted by Gasteiger charge is 2.26. The SMILES string of the molecule is CC(=O)Nc1ccc(S(=O)(=O)NC2CCOc3ccc(C)cc32)cc1. The van der Waals surface area contributed by atoms with Gasteiger partial charge in [0.25, 0.3) is 0 Å². The van der Waals surface area contributed by atoms with Crippen LogP contribution in [-0.4, -0.2) is 20.9 Å². The van der Waals surface area contributed by atoms with Gasteiger partial charge in [-0.15, -0.1) is 0 Å². The van der Waals surface area contributed by atoms with Crippen LogP contribution in [0.3, 0.4) is 0 Å². The summed E-state index contributed by atoms with van der Waals surface area (Å²) in [6, 6.07) is 11.5. The molecule has 0 bridgehead atoms. The van der Waals surface area contributed by atoms with Crippen molar-refractivity contribution in [3.63, 3.8) is 0 Å².